The average Bonchev–Trinajstić information content (AvgIpc) is 3.29. The maximum Gasteiger partial charge on any atom is 0.335 e. The number of aromatic carboxylic acids is 1. The molecule has 0 amide bonds. The van der Waals surface area contributed by atoms with E-state index < -0.39 is 12.1 Å². The van der Waals surface area contributed by atoms with Gasteiger partial charge >= 0.3 is 5.97 Å². The van der Waals surface area contributed by atoms with Gasteiger partial charge in [-0.3, -0.25) is 9.88 Å². The fraction of sp³-hybridized carbons (Fsp3) is 0.412. The van der Waals surface area contributed by atoms with Gasteiger partial charge in [0.25, 0.3) is 0 Å². The van der Waals surface area contributed by atoms with Crippen molar-refractivity contribution in [2.24, 2.45) is 0 Å². The van der Waals surface area contributed by atoms with Gasteiger partial charge in [0.15, 0.2) is 0 Å². The highest BCUT2D eigenvalue weighted by molar-refractivity contribution is 5.98. The summed E-state index contributed by atoms with van der Waals surface area (Å²) in [7, 11) is 4.16. The lowest BCUT2D eigenvalue weighted by Crippen LogP contribution is -2.35. The molecule has 1 aliphatic carbocycles. The van der Waals surface area contributed by atoms with Crippen LogP contribution in [0.2, 0.25) is 0 Å². The summed E-state index contributed by atoms with van der Waals surface area (Å²) in [5.74, 6) is -0.389. The zero-order valence-electron chi connectivity index (χ0n) is 24.4. The summed E-state index contributed by atoms with van der Waals surface area (Å²) in [6, 6.07) is 15.5. The Morgan fingerprint density at radius 2 is 1.98 bits per heavy atom. The molecular weight excluding hydrogens is 531 g/mol. The molecule has 7 nitrogen and oxygen atoms in total. The van der Waals surface area contributed by atoms with Crippen molar-refractivity contribution < 1.29 is 19.0 Å². The molecule has 42 heavy (non-hydrogen) atoms. The third-order valence-electron chi connectivity index (χ3n) is 8.76. The highest BCUT2D eigenvalue weighted by Gasteiger charge is 2.34. The van der Waals surface area contributed by atoms with Crippen LogP contribution in [0.4, 0.5) is 4.39 Å². The van der Waals surface area contributed by atoms with Crippen LogP contribution < -0.4 is 4.74 Å². The second kappa shape index (κ2) is 12.2. The van der Waals surface area contributed by atoms with Crippen molar-refractivity contribution in [1.82, 2.24) is 19.4 Å². The first-order valence-corrected chi connectivity index (χ1v) is 14.9. The number of fused-ring (bicyclic) bond motifs is 5. The number of alkyl halides is 1. The van der Waals surface area contributed by atoms with E-state index in [4.69, 9.17) is 4.74 Å². The summed E-state index contributed by atoms with van der Waals surface area (Å²) in [6.07, 6.45) is 5.91. The Balaban J connectivity index is 1.50. The predicted octanol–water partition coefficient (Wildman–Crippen LogP) is 6.35. The van der Waals surface area contributed by atoms with Crippen LogP contribution in [0.3, 0.4) is 0 Å². The number of likely N-dealkylation sites (N-methyl/N-ethyl adjacent to an activating group) is 1. The van der Waals surface area contributed by atoms with E-state index in [9.17, 15) is 9.90 Å². The number of rotatable bonds is 8. The summed E-state index contributed by atoms with van der Waals surface area (Å²) in [5.41, 5.74) is 6.38. The fourth-order valence-electron chi connectivity index (χ4n) is 6.58. The van der Waals surface area contributed by atoms with Crippen molar-refractivity contribution in [2.45, 2.75) is 57.5 Å². The van der Waals surface area contributed by atoms with Crippen LogP contribution in [0.5, 0.6) is 5.75 Å². The Hall–Kier alpha value is -3.75. The summed E-state index contributed by atoms with van der Waals surface area (Å²) < 4.78 is 24.2. The third-order valence-corrected chi connectivity index (χ3v) is 8.76. The van der Waals surface area contributed by atoms with E-state index in [1.165, 1.54) is 0 Å². The van der Waals surface area contributed by atoms with Crippen molar-refractivity contribution in [3.63, 3.8) is 0 Å². The van der Waals surface area contributed by atoms with Crippen LogP contribution in [0.25, 0.3) is 22.2 Å². The smallest absolute Gasteiger partial charge is 0.335 e. The minimum Gasteiger partial charge on any atom is -0.489 e. The van der Waals surface area contributed by atoms with E-state index in [1.807, 2.05) is 30.5 Å². The number of carboxylic acids is 1. The van der Waals surface area contributed by atoms with Gasteiger partial charge in [-0.25, -0.2) is 9.18 Å². The summed E-state index contributed by atoms with van der Waals surface area (Å²) in [4.78, 5) is 20.8. The average molecular weight is 571 g/mol. The van der Waals surface area contributed by atoms with Crippen molar-refractivity contribution in [3.05, 3.63) is 83.2 Å². The zero-order chi connectivity index (χ0) is 29.2. The first-order valence-electron chi connectivity index (χ1n) is 14.9. The van der Waals surface area contributed by atoms with Gasteiger partial charge in [0.1, 0.15) is 18.5 Å². The molecule has 1 N–H and O–H groups in total. The SMILES string of the molecule is CN(C)CCN1CCn2c(c([C@@H]3CCCC[C@H]3F)c3ccc(C(=O)O)cc32)-c2ccc(OCc3cccnc3)cc2C1. The maximum atomic E-state index is 15.7. The van der Waals surface area contributed by atoms with E-state index in [0.717, 1.165) is 90.0 Å². The largest absolute Gasteiger partial charge is 0.489 e. The van der Waals surface area contributed by atoms with Gasteiger partial charge in [-0.05, 0) is 74.5 Å². The lowest BCUT2D eigenvalue weighted by molar-refractivity contribution is 0.0697. The third kappa shape index (κ3) is 5.78. The molecule has 2 aromatic carbocycles. The number of aromatic nitrogens is 2. The number of nitrogens with zero attached hydrogens (tertiary/aromatic N) is 4. The molecular formula is C34H39FN4O3. The molecule has 4 aromatic rings. The molecule has 2 aromatic heterocycles. The summed E-state index contributed by atoms with van der Waals surface area (Å²) in [6.45, 7) is 4.48. The normalized spacial score (nSPS) is 19.2. The lowest BCUT2D eigenvalue weighted by atomic mass is 9.80. The number of halogens is 1. The van der Waals surface area contributed by atoms with Crippen LogP contribution >= 0.6 is 0 Å². The first-order chi connectivity index (χ1) is 20.4. The summed E-state index contributed by atoms with van der Waals surface area (Å²) in [5, 5.41) is 10.8. The molecule has 8 heteroatoms. The molecule has 6 rings (SSSR count). The second-order valence-corrected chi connectivity index (χ2v) is 11.9. The van der Waals surface area contributed by atoms with Gasteiger partial charge in [0, 0.05) is 73.1 Å². The fourth-order valence-corrected chi connectivity index (χ4v) is 6.58. The molecule has 0 spiro atoms. The molecule has 0 saturated heterocycles. The number of hydrogen-bond acceptors (Lipinski definition) is 5. The van der Waals surface area contributed by atoms with Crippen molar-refractivity contribution in [3.8, 4) is 17.0 Å². The Morgan fingerprint density at radius 3 is 2.74 bits per heavy atom. The lowest BCUT2D eigenvalue weighted by Gasteiger charge is -2.31. The highest BCUT2D eigenvalue weighted by Crippen LogP contribution is 2.47. The van der Waals surface area contributed by atoms with Crippen molar-refractivity contribution >= 4 is 16.9 Å². The van der Waals surface area contributed by atoms with E-state index in [-0.39, 0.29) is 11.5 Å². The van der Waals surface area contributed by atoms with E-state index in [2.05, 4.69) is 45.6 Å². The summed E-state index contributed by atoms with van der Waals surface area (Å²) >= 11 is 0. The standard InChI is InChI=1S/C34H39FN4O3/c1-37(2)14-15-38-16-17-39-31-19-24(34(40)41)9-11-29(31)32(28-7-3-4-8-30(28)35)33(39)27-12-10-26(18-25(27)21-38)42-22-23-6-5-13-36-20-23/h5-6,9-13,18-20,28,30H,3-4,7-8,14-17,21-22H2,1-2H3,(H,40,41)/t28-,30-/m1/s1. The van der Waals surface area contributed by atoms with Gasteiger partial charge in [-0.2, -0.15) is 0 Å². The molecule has 3 heterocycles. The molecule has 2 aliphatic rings. The number of hydrogen-bond donors (Lipinski definition) is 1. The van der Waals surface area contributed by atoms with Crippen LogP contribution in [-0.4, -0.2) is 70.3 Å². The number of carboxylic acid groups (broad SMARTS) is 1. The first kappa shape index (κ1) is 28.4. The number of pyridine rings is 1. The molecule has 1 saturated carbocycles. The molecule has 220 valence electrons. The molecule has 0 radical (unpaired) electrons. The van der Waals surface area contributed by atoms with Crippen LogP contribution in [0, 0.1) is 0 Å². The van der Waals surface area contributed by atoms with Gasteiger partial charge < -0.3 is 19.3 Å². The van der Waals surface area contributed by atoms with Gasteiger partial charge in [-0.15, -0.1) is 0 Å². The maximum absolute atomic E-state index is 15.7. The van der Waals surface area contributed by atoms with Gasteiger partial charge in [0.05, 0.1) is 11.3 Å². The number of ether oxygens (including phenoxy) is 1. The Labute approximate surface area is 246 Å². The second-order valence-electron chi connectivity index (χ2n) is 11.9. The van der Waals surface area contributed by atoms with Gasteiger partial charge in [-0.1, -0.05) is 25.0 Å². The van der Waals surface area contributed by atoms with Crippen LogP contribution in [-0.2, 0) is 19.7 Å². The molecule has 0 bridgehead atoms. The topological polar surface area (TPSA) is 70.8 Å². The molecule has 1 fully saturated rings. The Morgan fingerprint density at radius 1 is 1.12 bits per heavy atom. The van der Waals surface area contributed by atoms with Crippen LogP contribution in [0.1, 0.15) is 58.6 Å². The molecule has 0 unspecified atom stereocenters. The van der Waals surface area contributed by atoms with Gasteiger partial charge in [0.2, 0.25) is 0 Å². The van der Waals surface area contributed by atoms with E-state index in [1.54, 1.807) is 18.3 Å². The van der Waals surface area contributed by atoms with E-state index in [0.29, 0.717) is 19.6 Å². The minimum absolute atomic E-state index is 0.216. The predicted molar refractivity (Wildman–Crippen MR) is 163 cm³/mol. The molecule has 2 atom stereocenters. The van der Waals surface area contributed by atoms with Crippen molar-refractivity contribution in [2.75, 3.05) is 33.7 Å². The van der Waals surface area contributed by atoms with E-state index >= 15 is 4.39 Å². The highest BCUT2D eigenvalue weighted by atomic mass is 19.1. The monoisotopic (exact) mass is 570 g/mol. The minimum atomic E-state index is -0.954. The number of carbonyl (C=O) groups is 1. The Bertz CT molecular complexity index is 1570. The zero-order valence-corrected chi connectivity index (χ0v) is 24.4. The molecule has 1 aliphatic heterocycles. The number of benzene rings is 2. The Kier molecular flexibility index (Phi) is 8.27. The van der Waals surface area contributed by atoms with Crippen LogP contribution in [0.15, 0.2) is 60.9 Å². The quantitative estimate of drug-likeness (QED) is 0.266. The van der Waals surface area contributed by atoms with Crippen molar-refractivity contribution in [1.29, 1.82) is 0 Å².